The van der Waals surface area contributed by atoms with E-state index in [1.165, 1.54) is 6.07 Å². The molecule has 22 heavy (non-hydrogen) atoms. The second-order valence-electron chi connectivity index (χ2n) is 6.14. The minimum absolute atomic E-state index is 0.0727. The molecule has 1 aliphatic rings. The van der Waals surface area contributed by atoms with Crippen LogP contribution in [0.2, 0.25) is 0 Å². The number of amides is 1. The summed E-state index contributed by atoms with van der Waals surface area (Å²) in [5.74, 6) is 0.0187. The molecule has 1 aromatic carbocycles. The summed E-state index contributed by atoms with van der Waals surface area (Å²) in [7, 11) is -3.48. The van der Waals surface area contributed by atoms with E-state index in [1.54, 1.807) is 32.0 Å². The fraction of sp³-hybridized carbons (Fsp3) is 0.562. The van der Waals surface area contributed by atoms with Crippen LogP contribution in [0.1, 0.15) is 37.6 Å². The first kappa shape index (κ1) is 17.0. The number of nitrogens with one attached hydrogen (secondary N) is 2. The number of hydrogen-bond donors (Lipinski definition) is 2. The number of piperidine rings is 1. The van der Waals surface area contributed by atoms with E-state index in [9.17, 15) is 13.2 Å². The number of carbonyl (C=O) groups excluding carboxylic acids is 1. The third-order valence-electron chi connectivity index (χ3n) is 4.16. The molecule has 0 bridgehead atoms. The molecule has 0 aliphatic carbocycles. The number of hydrogen-bond acceptors (Lipinski definition) is 4. The quantitative estimate of drug-likeness (QED) is 0.882. The largest absolute Gasteiger partial charge is 0.349 e. The molecule has 0 radical (unpaired) electrons. The Labute approximate surface area is 132 Å². The average Bonchev–Trinajstić information content (AvgIpc) is 2.49. The van der Waals surface area contributed by atoms with Crippen LogP contribution in [0.15, 0.2) is 29.2 Å². The summed E-state index contributed by atoms with van der Waals surface area (Å²) in [5.41, 5.74) is 0.238. The van der Waals surface area contributed by atoms with Crippen LogP contribution in [0.4, 0.5) is 0 Å². The fourth-order valence-corrected chi connectivity index (χ4v) is 3.87. The molecule has 2 unspecified atom stereocenters. The topological polar surface area (TPSA) is 75.3 Å². The van der Waals surface area contributed by atoms with Gasteiger partial charge in [-0.2, -0.15) is 0 Å². The van der Waals surface area contributed by atoms with E-state index < -0.39 is 15.1 Å². The van der Waals surface area contributed by atoms with Gasteiger partial charge in [-0.25, -0.2) is 8.42 Å². The smallest absolute Gasteiger partial charge is 0.252 e. The van der Waals surface area contributed by atoms with Gasteiger partial charge < -0.3 is 10.6 Å². The first-order valence-corrected chi connectivity index (χ1v) is 9.23. The number of rotatable bonds is 4. The molecular formula is C16H24N2O3S. The van der Waals surface area contributed by atoms with Crippen molar-refractivity contribution in [3.8, 4) is 0 Å². The molecule has 1 aromatic rings. The SMILES string of the molecule is CC1CNCCC1NC(=O)c1ccccc1S(=O)(=O)C(C)C. The second-order valence-corrected chi connectivity index (χ2v) is 8.61. The summed E-state index contributed by atoms with van der Waals surface area (Å²) < 4.78 is 24.8. The molecule has 2 N–H and O–H groups in total. The van der Waals surface area contributed by atoms with Gasteiger partial charge >= 0.3 is 0 Å². The average molecular weight is 324 g/mol. The van der Waals surface area contributed by atoms with Gasteiger partial charge in [0.1, 0.15) is 0 Å². The highest BCUT2D eigenvalue weighted by atomic mass is 32.2. The van der Waals surface area contributed by atoms with Crippen LogP contribution in [0, 0.1) is 5.92 Å². The molecule has 1 amide bonds. The van der Waals surface area contributed by atoms with Crippen LogP contribution < -0.4 is 10.6 Å². The van der Waals surface area contributed by atoms with Gasteiger partial charge in [-0.1, -0.05) is 19.1 Å². The third kappa shape index (κ3) is 3.50. The highest BCUT2D eigenvalue weighted by Crippen LogP contribution is 2.21. The van der Waals surface area contributed by atoms with Gasteiger partial charge in [-0.05, 0) is 51.4 Å². The van der Waals surface area contributed by atoms with E-state index in [4.69, 9.17) is 0 Å². The fourth-order valence-electron chi connectivity index (χ4n) is 2.63. The summed E-state index contributed by atoms with van der Waals surface area (Å²) >= 11 is 0. The molecule has 0 aromatic heterocycles. The highest BCUT2D eigenvalue weighted by Gasteiger charge is 2.28. The van der Waals surface area contributed by atoms with Gasteiger partial charge in [0, 0.05) is 6.04 Å². The Bertz CT molecular complexity index is 641. The van der Waals surface area contributed by atoms with Crippen molar-refractivity contribution in [2.24, 2.45) is 5.92 Å². The Balaban J connectivity index is 2.27. The van der Waals surface area contributed by atoms with Crippen molar-refractivity contribution in [3.63, 3.8) is 0 Å². The first-order chi connectivity index (χ1) is 10.3. The molecule has 1 fully saturated rings. The zero-order chi connectivity index (χ0) is 16.3. The Morgan fingerprint density at radius 2 is 2.00 bits per heavy atom. The van der Waals surface area contributed by atoms with Crippen molar-refractivity contribution < 1.29 is 13.2 Å². The summed E-state index contributed by atoms with van der Waals surface area (Å²) in [6, 6.07) is 6.51. The summed E-state index contributed by atoms with van der Waals surface area (Å²) in [5, 5.41) is 5.72. The molecule has 1 saturated heterocycles. The lowest BCUT2D eigenvalue weighted by atomic mass is 9.95. The molecule has 122 valence electrons. The van der Waals surface area contributed by atoms with Crippen molar-refractivity contribution >= 4 is 15.7 Å². The van der Waals surface area contributed by atoms with Crippen molar-refractivity contribution in [1.29, 1.82) is 0 Å². The van der Waals surface area contributed by atoms with E-state index in [0.717, 1.165) is 19.5 Å². The van der Waals surface area contributed by atoms with Gasteiger partial charge in [0.2, 0.25) is 0 Å². The lowest BCUT2D eigenvalue weighted by Crippen LogP contribution is -2.48. The predicted molar refractivity (Wildman–Crippen MR) is 86.7 cm³/mol. The van der Waals surface area contributed by atoms with Crippen molar-refractivity contribution in [2.75, 3.05) is 13.1 Å². The van der Waals surface area contributed by atoms with E-state index in [0.29, 0.717) is 5.92 Å². The van der Waals surface area contributed by atoms with E-state index in [-0.39, 0.29) is 22.4 Å². The molecule has 2 atom stereocenters. The molecule has 1 aliphatic heterocycles. The zero-order valence-corrected chi connectivity index (χ0v) is 14.1. The van der Waals surface area contributed by atoms with Crippen molar-refractivity contribution in [3.05, 3.63) is 29.8 Å². The van der Waals surface area contributed by atoms with Crippen LogP contribution in [0.25, 0.3) is 0 Å². The van der Waals surface area contributed by atoms with Crippen LogP contribution in [0.5, 0.6) is 0 Å². The Morgan fingerprint density at radius 3 is 2.64 bits per heavy atom. The highest BCUT2D eigenvalue weighted by molar-refractivity contribution is 7.92. The molecule has 0 saturated carbocycles. The van der Waals surface area contributed by atoms with Gasteiger partial charge in [0.15, 0.2) is 9.84 Å². The monoisotopic (exact) mass is 324 g/mol. The van der Waals surface area contributed by atoms with Crippen LogP contribution in [-0.4, -0.2) is 38.7 Å². The Morgan fingerprint density at radius 1 is 1.32 bits per heavy atom. The first-order valence-electron chi connectivity index (χ1n) is 7.68. The predicted octanol–water partition coefficient (Wildman–Crippen LogP) is 1.60. The molecule has 5 nitrogen and oxygen atoms in total. The molecule has 1 heterocycles. The third-order valence-corrected chi connectivity index (χ3v) is 6.37. The van der Waals surface area contributed by atoms with Crippen LogP contribution >= 0.6 is 0 Å². The van der Waals surface area contributed by atoms with E-state index >= 15 is 0 Å². The summed E-state index contributed by atoms with van der Waals surface area (Å²) in [6.07, 6.45) is 0.853. The Hall–Kier alpha value is -1.40. The van der Waals surface area contributed by atoms with E-state index in [1.807, 2.05) is 0 Å². The lowest BCUT2D eigenvalue weighted by Gasteiger charge is -2.30. The molecule has 6 heteroatoms. The van der Waals surface area contributed by atoms with Gasteiger partial charge in [0.25, 0.3) is 5.91 Å². The van der Waals surface area contributed by atoms with E-state index in [2.05, 4.69) is 17.6 Å². The van der Waals surface area contributed by atoms with Crippen molar-refractivity contribution in [2.45, 2.75) is 43.4 Å². The lowest BCUT2D eigenvalue weighted by molar-refractivity contribution is 0.0911. The number of sulfone groups is 1. The Kier molecular flexibility index (Phi) is 5.24. The summed E-state index contributed by atoms with van der Waals surface area (Å²) in [4.78, 5) is 12.7. The summed E-state index contributed by atoms with van der Waals surface area (Å²) in [6.45, 7) is 7.05. The van der Waals surface area contributed by atoms with Gasteiger partial charge in [0.05, 0.1) is 15.7 Å². The van der Waals surface area contributed by atoms with Crippen LogP contribution in [0.3, 0.4) is 0 Å². The molecule has 2 rings (SSSR count). The minimum atomic E-state index is -3.48. The van der Waals surface area contributed by atoms with Crippen LogP contribution in [-0.2, 0) is 9.84 Å². The van der Waals surface area contributed by atoms with Gasteiger partial charge in [-0.3, -0.25) is 4.79 Å². The maximum atomic E-state index is 12.6. The maximum absolute atomic E-state index is 12.6. The molecule has 0 spiro atoms. The zero-order valence-electron chi connectivity index (χ0n) is 13.3. The number of carbonyl (C=O) groups is 1. The number of benzene rings is 1. The second kappa shape index (κ2) is 6.79. The standard InChI is InChI=1S/C16H24N2O3S/c1-11(2)22(20,21)15-7-5-4-6-13(15)16(19)18-14-8-9-17-10-12(14)3/h4-7,11-12,14,17H,8-10H2,1-3H3,(H,18,19). The van der Waals surface area contributed by atoms with Crippen molar-refractivity contribution in [1.82, 2.24) is 10.6 Å². The molecular weight excluding hydrogens is 300 g/mol. The normalized spacial score (nSPS) is 22.5. The van der Waals surface area contributed by atoms with Gasteiger partial charge in [-0.15, -0.1) is 0 Å². The minimum Gasteiger partial charge on any atom is -0.349 e. The maximum Gasteiger partial charge on any atom is 0.252 e.